The fourth-order valence-electron chi connectivity index (χ4n) is 5.40. The second-order valence-electron chi connectivity index (χ2n) is 9.21. The molecular weight excluding hydrogens is 462 g/mol. The van der Waals surface area contributed by atoms with Crippen molar-refractivity contribution in [2.45, 2.75) is 25.6 Å². The number of likely N-dealkylation sites (tertiary alicyclic amines) is 1. The largest absolute Gasteiger partial charge is 0.417 e. The van der Waals surface area contributed by atoms with Crippen LogP contribution in [0.4, 0.5) is 23.2 Å². The van der Waals surface area contributed by atoms with E-state index in [1.165, 1.54) is 12.3 Å². The zero-order chi connectivity index (χ0) is 25.2. The van der Waals surface area contributed by atoms with Gasteiger partial charge in [-0.25, -0.2) is 4.39 Å². The zero-order valence-corrected chi connectivity index (χ0v) is 19.4. The minimum atomic E-state index is -4.60. The average Bonchev–Trinajstić information content (AvgIpc) is 3.28. The number of anilines is 1. The maximum absolute atomic E-state index is 14.1. The van der Waals surface area contributed by atoms with Gasteiger partial charge in [0.25, 0.3) is 0 Å². The maximum Gasteiger partial charge on any atom is 0.417 e. The number of hydrogen-bond donors (Lipinski definition) is 1. The number of aromatic nitrogens is 1. The van der Waals surface area contributed by atoms with Crippen LogP contribution in [0.25, 0.3) is 0 Å². The van der Waals surface area contributed by atoms with E-state index in [2.05, 4.69) is 15.2 Å². The minimum absolute atomic E-state index is 0.0444. The number of pyridine rings is 1. The molecule has 2 aliphatic heterocycles. The molecular formula is C25H27F4N5O. The van der Waals surface area contributed by atoms with Gasteiger partial charge in [0.1, 0.15) is 5.82 Å². The van der Waals surface area contributed by atoms with Crippen LogP contribution in [0.2, 0.25) is 0 Å². The van der Waals surface area contributed by atoms with Crippen LogP contribution in [0.5, 0.6) is 0 Å². The summed E-state index contributed by atoms with van der Waals surface area (Å²) in [6.07, 6.45) is -0.400. The van der Waals surface area contributed by atoms with E-state index in [1.807, 2.05) is 4.90 Å². The molecule has 0 bridgehead atoms. The summed E-state index contributed by atoms with van der Waals surface area (Å²) in [5, 5.41) is 11.8. The second-order valence-corrected chi connectivity index (χ2v) is 9.21. The van der Waals surface area contributed by atoms with Gasteiger partial charge in [0.05, 0.1) is 29.3 Å². The Labute approximate surface area is 201 Å². The third-order valence-corrected chi connectivity index (χ3v) is 7.21. The lowest BCUT2D eigenvalue weighted by Crippen LogP contribution is -2.41. The SMILES string of the molecule is CNC(=O)[C@@H]1CN(Cc2ccncc2F)C[C@H]1C1CCN(c2ccc(C#N)c(C(F)(F)F)c2)CC1. The van der Waals surface area contributed by atoms with E-state index in [0.717, 1.165) is 18.9 Å². The molecule has 0 spiro atoms. The molecule has 2 atom stereocenters. The Morgan fingerprint density at radius 3 is 2.60 bits per heavy atom. The molecule has 0 saturated carbocycles. The molecule has 6 nitrogen and oxygen atoms in total. The third-order valence-electron chi connectivity index (χ3n) is 7.21. The van der Waals surface area contributed by atoms with Crippen molar-refractivity contribution < 1.29 is 22.4 Å². The highest BCUT2D eigenvalue weighted by molar-refractivity contribution is 5.79. The van der Waals surface area contributed by atoms with Gasteiger partial charge in [-0.3, -0.25) is 14.7 Å². The first-order chi connectivity index (χ1) is 16.7. The molecule has 2 aromatic rings. The maximum atomic E-state index is 14.1. The fourth-order valence-corrected chi connectivity index (χ4v) is 5.40. The number of nitriles is 1. The number of alkyl halides is 3. The number of nitrogens with one attached hydrogen (secondary N) is 1. The standard InChI is InChI=1S/C25H27F4N5O/c1-31-24(35)21-15-33(13-18-4-7-32-12-23(18)26)14-20(21)16-5-8-34(9-6-16)19-3-2-17(11-30)22(10-19)25(27,28)29/h2-4,7,10,12,16,20-21H,5-6,8-9,13-15H2,1H3,(H,31,35)/t20-,21+/m0/s1. The van der Waals surface area contributed by atoms with Crippen molar-refractivity contribution >= 4 is 11.6 Å². The zero-order valence-electron chi connectivity index (χ0n) is 19.4. The Morgan fingerprint density at radius 1 is 1.23 bits per heavy atom. The quantitative estimate of drug-likeness (QED) is 0.647. The monoisotopic (exact) mass is 489 g/mol. The minimum Gasteiger partial charge on any atom is -0.372 e. The molecule has 1 N–H and O–H groups in total. The van der Waals surface area contributed by atoms with Crippen LogP contribution >= 0.6 is 0 Å². The smallest absolute Gasteiger partial charge is 0.372 e. The number of benzene rings is 1. The Hall–Kier alpha value is -3.19. The van der Waals surface area contributed by atoms with E-state index in [1.54, 1.807) is 31.4 Å². The van der Waals surface area contributed by atoms with E-state index in [4.69, 9.17) is 5.26 Å². The fraction of sp³-hybridized carbons (Fsp3) is 0.480. The number of hydrogen-bond acceptors (Lipinski definition) is 5. The van der Waals surface area contributed by atoms with Crippen LogP contribution in [-0.2, 0) is 17.5 Å². The molecule has 35 heavy (non-hydrogen) atoms. The summed E-state index contributed by atoms with van der Waals surface area (Å²) in [5.41, 5.74) is -0.332. The molecule has 1 aromatic heterocycles. The van der Waals surface area contributed by atoms with Gasteiger partial charge in [-0.2, -0.15) is 18.4 Å². The van der Waals surface area contributed by atoms with Crippen LogP contribution in [-0.4, -0.2) is 49.0 Å². The first-order valence-electron chi connectivity index (χ1n) is 11.6. The molecule has 0 unspecified atom stereocenters. The van der Waals surface area contributed by atoms with Gasteiger partial charge in [0.2, 0.25) is 5.91 Å². The van der Waals surface area contributed by atoms with E-state index < -0.39 is 11.7 Å². The molecule has 2 fully saturated rings. The van der Waals surface area contributed by atoms with E-state index in [-0.39, 0.29) is 35.0 Å². The van der Waals surface area contributed by atoms with Gasteiger partial charge in [0, 0.05) is 57.2 Å². The summed E-state index contributed by atoms with van der Waals surface area (Å²) in [4.78, 5) is 20.4. The summed E-state index contributed by atoms with van der Waals surface area (Å²) in [5.74, 6) is -0.346. The van der Waals surface area contributed by atoms with Gasteiger partial charge in [-0.05, 0) is 48.9 Å². The van der Waals surface area contributed by atoms with Crippen molar-refractivity contribution in [1.82, 2.24) is 15.2 Å². The number of halogens is 4. The highest BCUT2D eigenvalue weighted by Gasteiger charge is 2.42. The molecule has 0 aliphatic carbocycles. The lowest BCUT2D eigenvalue weighted by Gasteiger charge is -2.37. The highest BCUT2D eigenvalue weighted by Crippen LogP contribution is 2.39. The van der Waals surface area contributed by atoms with Gasteiger partial charge in [0.15, 0.2) is 0 Å². The molecule has 4 rings (SSSR count). The van der Waals surface area contributed by atoms with Crippen LogP contribution in [0.3, 0.4) is 0 Å². The number of piperidine rings is 1. The average molecular weight is 490 g/mol. The van der Waals surface area contributed by atoms with Gasteiger partial charge in [-0.1, -0.05) is 0 Å². The van der Waals surface area contributed by atoms with Gasteiger partial charge >= 0.3 is 6.18 Å². The first kappa shape index (κ1) is 24.9. The predicted molar refractivity (Wildman–Crippen MR) is 122 cm³/mol. The molecule has 3 heterocycles. The Bertz CT molecular complexity index is 1110. The molecule has 10 heteroatoms. The van der Waals surface area contributed by atoms with Crippen molar-refractivity contribution in [3.05, 3.63) is 59.2 Å². The van der Waals surface area contributed by atoms with Crippen molar-refractivity contribution in [3.63, 3.8) is 0 Å². The topological polar surface area (TPSA) is 72.3 Å². The molecule has 2 aliphatic rings. The van der Waals surface area contributed by atoms with Gasteiger partial charge in [-0.15, -0.1) is 0 Å². The first-order valence-corrected chi connectivity index (χ1v) is 11.6. The number of amides is 1. The Morgan fingerprint density at radius 2 is 1.97 bits per heavy atom. The summed E-state index contributed by atoms with van der Waals surface area (Å²) in [7, 11) is 1.61. The predicted octanol–water partition coefficient (Wildman–Crippen LogP) is 3.82. The van der Waals surface area contributed by atoms with Gasteiger partial charge < -0.3 is 10.2 Å². The molecule has 1 aromatic carbocycles. The van der Waals surface area contributed by atoms with Crippen LogP contribution in [0, 0.1) is 34.9 Å². The molecule has 0 radical (unpaired) electrons. The number of nitrogens with zero attached hydrogens (tertiary/aromatic N) is 4. The molecule has 186 valence electrons. The molecule has 1 amide bonds. The normalized spacial score (nSPS) is 21.7. The van der Waals surface area contributed by atoms with Crippen molar-refractivity contribution in [2.24, 2.45) is 17.8 Å². The highest BCUT2D eigenvalue weighted by atomic mass is 19.4. The summed E-state index contributed by atoms with van der Waals surface area (Å²) in [6, 6.07) is 7.08. The summed E-state index contributed by atoms with van der Waals surface area (Å²) in [6.45, 7) is 2.69. The Balaban J connectivity index is 1.45. The van der Waals surface area contributed by atoms with Crippen molar-refractivity contribution in [3.8, 4) is 6.07 Å². The Kier molecular flexibility index (Phi) is 7.26. The second kappa shape index (κ2) is 10.2. The van der Waals surface area contributed by atoms with E-state index in [0.29, 0.717) is 44.0 Å². The van der Waals surface area contributed by atoms with E-state index >= 15 is 0 Å². The van der Waals surface area contributed by atoms with Crippen molar-refractivity contribution in [2.75, 3.05) is 38.1 Å². The number of carbonyl (C=O) groups is 1. The van der Waals surface area contributed by atoms with Crippen LogP contribution in [0.15, 0.2) is 36.7 Å². The third kappa shape index (κ3) is 5.40. The lowest BCUT2D eigenvalue weighted by atomic mass is 9.78. The number of rotatable bonds is 5. The molecule has 2 saturated heterocycles. The lowest BCUT2D eigenvalue weighted by molar-refractivity contribution is -0.137. The van der Waals surface area contributed by atoms with Crippen LogP contribution in [0.1, 0.15) is 29.5 Å². The van der Waals surface area contributed by atoms with Crippen LogP contribution < -0.4 is 10.2 Å². The van der Waals surface area contributed by atoms with E-state index in [9.17, 15) is 22.4 Å². The summed E-state index contributed by atoms with van der Waals surface area (Å²) >= 11 is 0. The number of carbonyl (C=O) groups excluding carboxylic acids is 1. The van der Waals surface area contributed by atoms with Crippen molar-refractivity contribution in [1.29, 1.82) is 5.26 Å². The summed E-state index contributed by atoms with van der Waals surface area (Å²) < 4.78 is 54.2.